The number of hydrogen-bond donors (Lipinski definition) is 2. The molecule has 0 radical (unpaired) electrons. The Kier molecular flexibility index (Phi) is 3.79. The van der Waals surface area contributed by atoms with Crippen LogP contribution < -0.4 is 10.6 Å². The largest absolute Gasteiger partial charge is 0.354 e. The molecular formula is C12H14BrFN2O. The highest BCUT2D eigenvalue weighted by Crippen LogP contribution is 2.22. The molecule has 2 rings (SSSR count). The Bertz CT molecular complexity index is 439. The molecule has 2 unspecified atom stereocenters. The van der Waals surface area contributed by atoms with Gasteiger partial charge in [-0.05, 0) is 40.5 Å². The second-order valence-electron chi connectivity index (χ2n) is 4.27. The lowest BCUT2D eigenvalue weighted by Crippen LogP contribution is -2.33. The van der Waals surface area contributed by atoms with E-state index in [4.69, 9.17) is 0 Å². The summed E-state index contributed by atoms with van der Waals surface area (Å²) in [5.41, 5.74) is 0.998. The van der Waals surface area contributed by atoms with E-state index in [-0.39, 0.29) is 23.8 Å². The van der Waals surface area contributed by atoms with Crippen molar-refractivity contribution in [3.8, 4) is 0 Å². The first kappa shape index (κ1) is 12.5. The monoisotopic (exact) mass is 300 g/mol. The highest BCUT2D eigenvalue weighted by atomic mass is 79.9. The summed E-state index contributed by atoms with van der Waals surface area (Å²) in [6.07, 6.45) is 0.507. The molecule has 1 fully saturated rings. The van der Waals surface area contributed by atoms with Gasteiger partial charge in [-0.1, -0.05) is 6.07 Å². The number of nitrogens with one attached hydrogen (secondary N) is 2. The molecule has 0 aromatic heterocycles. The lowest BCUT2D eigenvalue weighted by Gasteiger charge is -2.18. The van der Waals surface area contributed by atoms with Crippen molar-refractivity contribution in [1.29, 1.82) is 0 Å². The normalized spacial score (nSPS) is 21.4. The zero-order chi connectivity index (χ0) is 12.4. The molecule has 1 aromatic rings. The lowest BCUT2D eigenvalue weighted by molar-refractivity contribution is -0.119. The number of carbonyl (C=O) groups excluding carboxylic acids is 1. The molecule has 0 spiro atoms. The summed E-state index contributed by atoms with van der Waals surface area (Å²) in [7, 11) is 0. The Morgan fingerprint density at radius 1 is 1.59 bits per heavy atom. The molecule has 5 heteroatoms. The van der Waals surface area contributed by atoms with E-state index in [1.807, 2.05) is 6.92 Å². The molecule has 1 amide bonds. The standard InChI is InChI=1S/C12H14BrFN2O/c1-7(16-9-5-12(17)15-6-9)8-2-3-11(14)10(13)4-8/h2-4,7,9,16H,5-6H2,1H3,(H,15,17). The maximum absolute atomic E-state index is 13.1. The molecule has 1 aromatic carbocycles. The van der Waals surface area contributed by atoms with Crippen molar-refractivity contribution in [2.75, 3.05) is 6.54 Å². The van der Waals surface area contributed by atoms with Gasteiger partial charge in [0, 0.05) is 25.0 Å². The molecule has 1 aliphatic heterocycles. The summed E-state index contributed by atoms with van der Waals surface area (Å²) in [4.78, 5) is 11.1. The molecule has 17 heavy (non-hydrogen) atoms. The Hall–Kier alpha value is -0.940. The van der Waals surface area contributed by atoms with E-state index in [0.717, 1.165) is 5.56 Å². The van der Waals surface area contributed by atoms with Crippen LogP contribution in [-0.4, -0.2) is 18.5 Å². The van der Waals surface area contributed by atoms with E-state index in [0.29, 0.717) is 17.4 Å². The molecule has 3 nitrogen and oxygen atoms in total. The Morgan fingerprint density at radius 3 is 2.94 bits per heavy atom. The van der Waals surface area contributed by atoms with Gasteiger partial charge in [0.15, 0.2) is 0 Å². The summed E-state index contributed by atoms with van der Waals surface area (Å²) < 4.78 is 13.6. The van der Waals surface area contributed by atoms with Crippen LogP contribution in [0.25, 0.3) is 0 Å². The first-order valence-corrected chi connectivity index (χ1v) is 6.33. The third kappa shape index (κ3) is 3.04. The molecule has 0 saturated carbocycles. The van der Waals surface area contributed by atoms with Crippen LogP contribution in [0.3, 0.4) is 0 Å². The van der Waals surface area contributed by atoms with Gasteiger partial charge in [-0.3, -0.25) is 4.79 Å². The van der Waals surface area contributed by atoms with Crippen LogP contribution in [0.4, 0.5) is 4.39 Å². The van der Waals surface area contributed by atoms with Crippen molar-refractivity contribution in [1.82, 2.24) is 10.6 Å². The molecular weight excluding hydrogens is 287 g/mol. The second kappa shape index (κ2) is 5.14. The lowest BCUT2D eigenvalue weighted by atomic mass is 10.1. The predicted molar refractivity (Wildman–Crippen MR) is 67.1 cm³/mol. The van der Waals surface area contributed by atoms with Gasteiger partial charge < -0.3 is 10.6 Å². The average Bonchev–Trinajstić information content (AvgIpc) is 2.68. The van der Waals surface area contributed by atoms with Crippen LogP contribution in [0.5, 0.6) is 0 Å². The number of carbonyl (C=O) groups is 1. The zero-order valence-electron chi connectivity index (χ0n) is 9.47. The van der Waals surface area contributed by atoms with Crippen molar-refractivity contribution in [2.45, 2.75) is 25.4 Å². The van der Waals surface area contributed by atoms with Crippen molar-refractivity contribution in [3.63, 3.8) is 0 Å². The van der Waals surface area contributed by atoms with Gasteiger partial charge in [0.2, 0.25) is 5.91 Å². The minimum Gasteiger partial charge on any atom is -0.354 e. The molecule has 1 aliphatic rings. The minimum absolute atomic E-state index is 0.0787. The highest BCUT2D eigenvalue weighted by molar-refractivity contribution is 9.10. The third-order valence-electron chi connectivity index (χ3n) is 2.91. The second-order valence-corrected chi connectivity index (χ2v) is 5.12. The summed E-state index contributed by atoms with van der Waals surface area (Å²) in [6, 6.07) is 5.19. The van der Waals surface area contributed by atoms with Gasteiger partial charge in [0.1, 0.15) is 5.82 Å². The van der Waals surface area contributed by atoms with Crippen molar-refractivity contribution >= 4 is 21.8 Å². The van der Waals surface area contributed by atoms with Crippen molar-refractivity contribution in [3.05, 3.63) is 34.1 Å². The van der Waals surface area contributed by atoms with Crippen molar-refractivity contribution < 1.29 is 9.18 Å². The number of halogens is 2. The molecule has 92 valence electrons. The fourth-order valence-electron chi connectivity index (χ4n) is 1.95. The smallest absolute Gasteiger partial charge is 0.221 e. The SMILES string of the molecule is CC(NC1CNC(=O)C1)c1ccc(F)c(Br)c1. The summed E-state index contributed by atoms with van der Waals surface area (Å²) >= 11 is 3.17. The summed E-state index contributed by atoms with van der Waals surface area (Å²) in [6.45, 7) is 2.66. The molecule has 2 atom stereocenters. The molecule has 0 aliphatic carbocycles. The van der Waals surface area contributed by atoms with E-state index in [9.17, 15) is 9.18 Å². The van der Waals surface area contributed by atoms with Crippen LogP contribution in [-0.2, 0) is 4.79 Å². The summed E-state index contributed by atoms with van der Waals surface area (Å²) in [5.74, 6) is -0.186. The molecule has 1 saturated heterocycles. The van der Waals surface area contributed by atoms with E-state index >= 15 is 0 Å². The number of amides is 1. The van der Waals surface area contributed by atoms with Crippen LogP contribution in [0.1, 0.15) is 24.9 Å². The molecule has 2 N–H and O–H groups in total. The van der Waals surface area contributed by atoms with Crippen LogP contribution >= 0.6 is 15.9 Å². The van der Waals surface area contributed by atoms with E-state index in [2.05, 4.69) is 26.6 Å². The van der Waals surface area contributed by atoms with E-state index < -0.39 is 0 Å². The van der Waals surface area contributed by atoms with Crippen LogP contribution in [0, 0.1) is 5.82 Å². The Balaban J connectivity index is 2.01. The van der Waals surface area contributed by atoms with Crippen molar-refractivity contribution in [2.24, 2.45) is 0 Å². The summed E-state index contributed by atoms with van der Waals surface area (Å²) in [5, 5.41) is 6.12. The van der Waals surface area contributed by atoms with Gasteiger partial charge in [0.25, 0.3) is 0 Å². The fourth-order valence-corrected chi connectivity index (χ4v) is 2.35. The average molecular weight is 301 g/mol. The van der Waals surface area contributed by atoms with E-state index in [1.54, 1.807) is 12.1 Å². The quantitative estimate of drug-likeness (QED) is 0.898. The number of rotatable bonds is 3. The molecule has 0 bridgehead atoms. The number of hydrogen-bond acceptors (Lipinski definition) is 2. The maximum atomic E-state index is 13.1. The minimum atomic E-state index is -0.265. The zero-order valence-corrected chi connectivity index (χ0v) is 11.1. The van der Waals surface area contributed by atoms with Gasteiger partial charge in [-0.2, -0.15) is 0 Å². The Labute approximate surface area is 108 Å². The first-order chi connectivity index (χ1) is 8.06. The molecule has 1 heterocycles. The third-order valence-corrected chi connectivity index (χ3v) is 3.51. The van der Waals surface area contributed by atoms with Crippen LogP contribution in [0.2, 0.25) is 0 Å². The van der Waals surface area contributed by atoms with E-state index in [1.165, 1.54) is 6.07 Å². The van der Waals surface area contributed by atoms with Gasteiger partial charge >= 0.3 is 0 Å². The van der Waals surface area contributed by atoms with Crippen LogP contribution in [0.15, 0.2) is 22.7 Å². The topological polar surface area (TPSA) is 41.1 Å². The highest BCUT2D eigenvalue weighted by Gasteiger charge is 2.23. The fraction of sp³-hybridized carbons (Fsp3) is 0.417. The predicted octanol–water partition coefficient (Wildman–Crippen LogP) is 2.13. The van der Waals surface area contributed by atoms with Gasteiger partial charge in [-0.15, -0.1) is 0 Å². The maximum Gasteiger partial charge on any atom is 0.221 e. The Morgan fingerprint density at radius 2 is 2.35 bits per heavy atom. The number of benzene rings is 1. The van der Waals surface area contributed by atoms with Gasteiger partial charge in [0.05, 0.1) is 4.47 Å². The van der Waals surface area contributed by atoms with Gasteiger partial charge in [-0.25, -0.2) is 4.39 Å². The first-order valence-electron chi connectivity index (χ1n) is 5.54.